The first-order valence-corrected chi connectivity index (χ1v) is 24.7. The van der Waals surface area contributed by atoms with E-state index in [2.05, 4.69) is 287 Å². The first-order chi connectivity index (χ1) is 34.7. The third kappa shape index (κ3) is 7.97. The molecule has 340 valence electrons. The molecule has 0 heterocycles. The van der Waals surface area contributed by atoms with Crippen LogP contribution in [0.4, 0.5) is 68.2 Å². The van der Waals surface area contributed by atoms with Crippen LogP contribution in [0.15, 0.2) is 267 Å². The molecule has 0 aliphatic heterocycles. The second-order valence-corrected chi connectivity index (χ2v) is 18.5. The van der Waals surface area contributed by atoms with Gasteiger partial charge in [-0.3, -0.25) is 0 Å². The number of hydrogen-bond acceptors (Lipinski definition) is 4. The number of rotatable bonds is 12. The minimum absolute atomic E-state index is 0. The molecule has 0 aromatic heterocycles. The molecule has 70 heavy (non-hydrogen) atoms. The minimum Gasteiger partial charge on any atom is -0.311 e. The lowest BCUT2D eigenvalue weighted by Gasteiger charge is -2.37. The molecule has 10 aromatic carbocycles. The topological polar surface area (TPSA) is 13.0 Å². The molecule has 12 rings (SSSR count). The highest BCUT2D eigenvalue weighted by Gasteiger charge is 2.44. The zero-order valence-corrected chi connectivity index (χ0v) is 39.2. The zero-order chi connectivity index (χ0) is 46.7. The molecule has 2 aliphatic rings. The fourth-order valence-electron chi connectivity index (χ4n) is 11.2. The molecule has 1 fully saturated rings. The summed E-state index contributed by atoms with van der Waals surface area (Å²) < 4.78 is 0. The maximum atomic E-state index is 2.53. The van der Waals surface area contributed by atoms with Crippen LogP contribution in [0.5, 0.6) is 0 Å². The van der Waals surface area contributed by atoms with E-state index in [1.165, 1.54) is 52.9 Å². The van der Waals surface area contributed by atoms with Crippen LogP contribution in [0.25, 0.3) is 11.1 Å². The molecule has 0 N–H and O–H groups in total. The molecule has 1 saturated carbocycles. The lowest BCUT2D eigenvalue weighted by molar-refractivity contribution is 0.353. The minimum atomic E-state index is -0.0922. The van der Waals surface area contributed by atoms with Crippen LogP contribution >= 0.6 is 0 Å². The van der Waals surface area contributed by atoms with Crippen molar-refractivity contribution >= 4 is 68.2 Å². The summed E-state index contributed by atoms with van der Waals surface area (Å²) in [5.74, 6) is 0. The van der Waals surface area contributed by atoms with Crippen molar-refractivity contribution in [3.8, 4) is 11.1 Å². The van der Waals surface area contributed by atoms with Gasteiger partial charge in [-0.1, -0.05) is 141 Å². The molecule has 0 amide bonds. The smallest absolute Gasteiger partial charge is 0.0465 e. The van der Waals surface area contributed by atoms with E-state index in [1.807, 2.05) is 0 Å². The Morgan fingerprint density at radius 1 is 0.229 bits per heavy atom. The fraction of sp³-hybridized carbons (Fsp3) is 0.0909. The summed E-state index contributed by atoms with van der Waals surface area (Å²) >= 11 is 0. The van der Waals surface area contributed by atoms with Gasteiger partial charge in [-0.25, -0.2) is 0 Å². The number of benzene rings is 10. The van der Waals surface area contributed by atoms with Crippen LogP contribution in [0.3, 0.4) is 0 Å². The van der Waals surface area contributed by atoms with Crippen molar-refractivity contribution in [3.63, 3.8) is 0 Å². The Kier molecular flexibility index (Phi) is 11.5. The van der Waals surface area contributed by atoms with Gasteiger partial charge in [-0.05, 0) is 181 Å². The van der Waals surface area contributed by atoms with Gasteiger partial charge in [0.1, 0.15) is 0 Å². The molecule has 0 bridgehead atoms. The monoisotopic (exact) mass is 904 g/mol. The summed E-state index contributed by atoms with van der Waals surface area (Å²) in [4.78, 5) is 9.51. The average molecular weight is 905 g/mol. The third-order valence-corrected chi connectivity index (χ3v) is 14.4. The molecule has 4 heteroatoms. The Hall–Kier alpha value is -8.60. The van der Waals surface area contributed by atoms with E-state index in [0.717, 1.165) is 69.7 Å². The van der Waals surface area contributed by atoms with Gasteiger partial charge in [0.25, 0.3) is 0 Å². The van der Waals surface area contributed by atoms with E-state index in [9.17, 15) is 0 Å². The normalized spacial score (nSPS) is 13.3. The van der Waals surface area contributed by atoms with E-state index in [4.69, 9.17) is 0 Å². The lowest BCUT2D eigenvalue weighted by atomic mass is 9.67. The standard InChI is InChI=1S/C66H54N4.H2/c1-8-22-50(23-9-1)67(51-24-10-2-11-25-51)56-34-38-58(39-35-56)69(54-30-16-5-17-31-54)60-42-44-62-63-45-43-61(49-65(63)66(64(62)48-60)46-20-7-21-47-66)70(55-32-18-6-19-33-55)59-40-36-57(37-41-59)68(52-26-12-3-13-27-52)53-28-14-4-15-29-53;/h1-6,8-19,22-45,48-49H,7,20-21,46-47H2;1H. The van der Waals surface area contributed by atoms with Gasteiger partial charge in [0.2, 0.25) is 0 Å². The highest BCUT2D eigenvalue weighted by molar-refractivity contribution is 5.90. The summed E-state index contributed by atoms with van der Waals surface area (Å²) in [5.41, 5.74) is 19.1. The molecule has 0 unspecified atom stereocenters. The SMILES string of the molecule is [HH].c1ccc(N(c2ccccc2)c2ccc(N(c3ccccc3)c3ccc4c(c3)C3(CCCCC3)c3cc(N(c5ccccc5)c5ccc(N(c6ccccc6)c6ccccc6)cc5)ccc3-4)cc2)cc1. The number of para-hydroxylation sites is 6. The maximum absolute atomic E-state index is 2.53. The molecule has 0 atom stereocenters. The predicted molar refractivity (Wildman–Crippen MR) is 297 cm³/mol. The van der Waals surface area contributed by atoms with Gasteiger partial charge in [0.15, 0.2) is 0 Å². The summed E-state index contributed by atoms with van der Waals surface area (Å²) in [7, 11) is 0. The van der Waals surface area contributed by atoms with E-state index < -0.39 is 0 Å². The molecule has 1 spiro atoms. The van der Waals surface area contributed by atoms with Crippen LogP contribution in [-0.2, 0) is 5.41 Å². The largest absolute Gasteiger partial charge is 0.311 e. The van der Waals surface area contributed by atoms with Crippen molar-refractivity contribution in [1.29, 1.82) is 0 Å². The molecule has 0 saturated heterocycles. The molecule has 4 nitrogen and oxygen atoms in total. The summed E-state index contributed by atoms with van der Waals surface area (Å²) in [6.45, 7) is 0. The van der Waals surface area contributed by atoms with Crippen molar-refractivity contribution < 1.29 is 1.43 Å². The zero-order valence-electron chi connectivity index (χ0n) is 39.2. The molecule has 2 aliphatic carbocycles. The molecule has 0 radical (unpaired) electrons. The van der Waals surface area contributed by atoms with Crippen molar-refractivity contribution in [1.82, 2.24) is 0 Å². The summed E-state index contributed by atoms with van der Waals surface area (Å²) in [6.07, 6.45) is 5.94. The number of hydrogen-bond donors (Lipinski definition) is 0. The third-order valence-electron chi connectivity index (χ3n) is 14.4. The maximum Gasteiger partial charge on any atom is 0.0465 e. The Labute approximate surface area is 414 Å². The molecular weight excluding hydrogens is 849 g/mol. The second-order valence-electron chi connectivity index (χ2n) is 18.5. The van der Waals surface area contributed by atoms with Crippen molar-refractivity contribution in [3.05, 3.63) is 278 Å². The highest BCUT2D eigenvalue weighted by Crippen LogP contribution is 2.58. The molecular formula is C66H56N4. The van der Waals surface area contributed by atoms with Crippen molar-refractivity contribution in [2.75, 3.05) is 19.6 Å². The van der Waals surface area contributed by atoms with E-state index in [1.54, 1.807) is 0 Å². The van der Waals surface area contributed by atoms with Crippen LogP contribution < -0.4 is 19.6 Å². The van der Waals surface area contributed by atoms with Gasteiger partial charge in [0.05, 0.1) is 0 Å². The Balaban J connectivity index is 0.00000547. The van der Waals surface area contributed by atoms with Gasteiger partial charge in [-0.15, -0.1) is 0 Å². The number of nitrogens with zero attached hydrogens (tertiary/aromatic N) is 4. The van der Waals surface area contributed by atoms with Crippen LogP contribution in [0.2, 0.25) is 0 Å². The average Bonchev–Trinajstić information content (AvgIpc) is 3.68. The second kappa shape index (κ2) is 18.8. The predicted octanol–water partition coefficient (Wildman–Crippen LogP) is 19.0. The van der Waals surface area contributed by atoms with Gasteiger partial charge < -0.3 is 19.6 Å². The summed E-state index contributed by atoms with van der Waals surface area (Å²) in [5, 5.41) is 0. The van der Waals surface area contributed by atoms with Crippen molar-refractivity contribution in [2.45, 2.75) is 37.5 Å². The van der Waals surface area contributed by atoms with Gasteiger partial charge in [0, 0.05) is 75.1 Å². The fourth-order valence-corrected chi connectivity index (χ4v) is 11.2. The van der Waals surface area contributed by atoms with E-state index in [0.29, 0.717) is 0 Å². The van der Waals surface area contributed by atoms with Crippen LogP contribution in [0.1, 0.15) is 44.7 Å². The molecule has 10 aromatic rings. The first-order valence-electron chi connectivity index (χ1n) is 24.7. The van der Waals surface area contributed by atoms with Crippen molar-refractivity contribution in [2.24, 2.45) is 0 Å². The Morgan fingerprint density at radius 3 is 0.700 bits per heavy atom. The number of anilines is 12. The highest BCUT2D eigenvalue weighted by atomic mass is 15.2. The van der Waals surface area contributed by atoms with Gasteiger partial charge in [-0.2, -0.15) is 0 Å². The first kappa shape index (κ1) is 42.7. The van der Waals surface area contributed by atoms with Gasteiger partial charge >= 0.3 is 0 Å². The Bertz CT molecular complexity index is 3030. The van der Waals surface area contributed by atoms with Crippen LogP contribution in [0, 0.1) is 0 Å². The van der Waals surface area contributed by atoms with Crippen LogP contribution in [-0.4, -0.2) is 0 Å². The quantitative estimate of drug-likeness (QED) is 0.121. The van der Waals surface area contributed by atoms with E-state index in [-0.39, 0.29) is 6.84 Å². The Morgan fingerprint density at radius 2 is 0.443 bits per heavy atom. The number of fused-ring (bicyclic) bond motifs is 5. The lowest BCUT2D eigenvalue weighted by Crippen LogP contribution is -2.28. The summed E-state index contributed by atoms with van der Waals surface area (Å²) in [6, 6.07) is 96.9. The van der Waals surface area contributed by atoms with E-state index >= 15 is 0 Å².